The number of carbonyl (C=O) groups is 2. The second-order valence-corrected chi connectivity index (χ2v) is 8.53. The highest BCUT2D eigenvalue weighted by atomic mass is 16.5. The molecule has 2 aliphatic rings. The third-order valence-corrected chi connectivity index (χ3v) is 6.40. The SMILES string of the molecule is CCN(CC)C(=O)c1cccc(-c2ccc3c(c2)C(NC(=O)C2(C)CC2)CCO3)c1. The molecule has 30 heavy (non-hydrogen) atoms. The molecule has 0 radical (unpaired) electrons. The molecule has 0 saturated heterocycles. The average molecular weight is 407 g/mol. The maximum absolute atomic E-state index is 12.8. The van der Waals surface area contributed by atoms with Crippen LogP contribution in [0.25, 0.3) is 11.1 Å². The number of fused-ring (bicyclic) bond motifs is 1. The summed E-state index contributed by atoms with van der Waals surface area (Å²) in [6.45, 7) is 7.99. The molecule has 1 unspecified atom stereocenters. The van der Waals surface area contributed by atoms with Crippen LogP contribution in [-0.2, 0) is 4.79 Å². The third kappa shape index (κ3) is 3.93. The van der Waals surface area contributed by atoms with Gasteiger partial charge >= 0.3 is 0 Å². The Hall–Kier alpha value is -2.82. The molecule has 0 spiro atoms. The van der Waals surface area contributed by atoms with Crippen molar-refractivity contribution >= 4 is 11.8 Å². The molecule has 1 aliphatic heterocycles. The number of ether oxygens (including phenoxy) is 1. The minimum absolute atomic E-state index is 0.0425. The molecule has 1 saturated carbocycles. The Kier molecular flexibility index (Phi) is 5.54. The fourth-order valence-corrected chi connectivity index (χ4v) is 4.00. The Bertz CT molecular complexity index is 961. The van der Waals surface area contributed by atoms with Crippen LogP contribution >= 0.6 is 0 Å². The van der Waals surface area contributed by atoms with Crippen molar-refractivity contribution in [1.82, 2.24) is 10.2 Å². The van der Waals surface area contributed by atoms with Crippen LogP contribution in [-0.4, -0.2) is 36.4 Å². The van der Waals surface area contributed by atoms with Gasteiger partial charge in [0.15, 0.2) is 0 Å². The summed E-state index contributed by atoms with van der Waals surface area (Å²) in [5.74, 6) is 1.01. The number of rotatable bonds is 6. The van der Waals surface area contributed by atoms with Crippen molar-refractivity contribution in [3.05, 3.63) is 53.6 Å². The molecular weight excluding hydrogens is 376 g/mol. The van der Waals surface area contributed by atoms with Crippen molar-refractivity contribution in [3.8, 4) is 16.9 Å². The largest absolute Gasteiger partial charge is 0.493 e. The quantitative estimate of drug-likeness (QED) is 0.764. The number of hydrogen-bond acceptors (Lipinski definition) is 3. The van der Waals surface area contributed by atoms with Crippen molar-refractivity contribution in [1.29, 1.82) is 0 Å². The van der Waals surface area contributed by atoms with Gasteiger partial charge in [-0.1, -0.05) is 25.1 Å². The van der Waals surface area contributed by atoms with E-state index >= 15 is 0 Å². The molecule has 0 bridgehead atoms. The maximum Gasteiger partial charge on any atom is 0.253 e. The van der Waals surface area contributed by atoms with Crippen LogP contribution in [0.3, 0.4) is 0 Å². The number of hydrogen-bond donors (Lipinski definition) is 1. The zero-order valence-corrected chi connectivity index (χ0v) is 18.0. The first-order valence-electron chi connectivity index (χ1n) is 10.9. The standard InChI is InChI=1S/C25H30N2O3/c1-4-27(5-2)23(28)19-8-6-7-17(15-19)18-9-10-22-20(16-18)21(11-14-30-22)26-24(29)25(3)12-13-25/h6-10,15-16,21H,4-5,11-14H2,1-3H3,(H,26,29). The van der Waals surface area contributed by atoms with Gasteiger partial charge in [0.2, 0.25) is 5.91 Å². The summed E-state index contributed by atoms with van der Waals surface area (Å²) in [6.07, 6.45) is 2.68. The predicted octanol–water partition coefficient (Wildman–Crippen LogP) is 4.58. The lowest BCUT2D eigenvalue weighted by atomic mass is 9.94. The van der Waals surface area contributed by atoms with E-state index in [1.165, 1.54) is 0 Å². The first-order valence-corrected chi connectivity index (χ1v) is 10.9. The summed E-state index contributed by atoms with van der Waals surface area (Å²) in [4.78, 5) is 27.2. The number of nitrogens with zero attached hydrogens (tertiary/aromatic N) is 1. The fourth-order valence-electron chi connectivity index (χ4n) is 4.00. The van der Waals surface area contributed by atoms with Crippen LogP contribution in [0.15, 0.2) is 42.5 Å². The van der Waals surface area contributed by atoms with E-state index in [0.29, 0.717) is 25.3 Å². The number of nitrogens with one attached hydrogen (secondary N) is 1. The maximum atomic E-state index is 12.8. The predicted molar refractivity (Wildman–Crippen MR) is 117 cm³/mol. The van der Waals surface area contributed by atoms with E-state index in [0.717, 1.165) is 41.7 Å². The molecule has 1 aliphatic carbocycles. The van der Waals surface area contributed by atoms with Crippen molar-refractivity contribution in [3.63, 3.8) is 0 Å². The van der Waals surface area contributed by atoms with Crippen LogP contribution in [0.2, 0.25) is 0 Å². The minimum atomic E-state index is -0.199. The lowest BCUT2D eigenvalue weighted by molar-refractivity contribution is -0.126. The smallest absolute Gasteiger partial charge is 0.253 e. The van der Waals surface area contributed by atoms with Crippen LogP contribution < -0.4 is 10.1 Å². The fraction of sp³-hybridized carbons (Fsp3) is 0.440. The summed E-state index contributed by atoms with van der Waals surface area (Å²) in [6, 6.07) is 13.8. The van der Waals surface area contributed by atoms with E-state index in [1.54, 1.807) is 0 Å². The first-order chi connectivity index (χ1) is 14.4. The van der Waals surface area contributed by atoms with Crippen molar-refractivity contribution < 1.29 is 14.3 Å². The van der Waals surface area contributed by atoms with Crippen LogP contribution in [0.4, 0.5) is 0 Å². The van der Waals surface area contributed by atoms with E-state index < -0.39 is 0 Å². The normalized spacial score (nSPS) is 18.7. The van der Waals surface area contributed by atoms with Crippen LogP contribution in [0.5, 0.6) is 5.75 Å². The monoisotopic (exact) mass is 406 g/mol. The topological polar surface area (TPSA) is 58.6 Å². The van der Waals surface area contributed by atoms with Crippen LogP contribution in [0.1, 0.15) is 62.0 Å². The second-order valence-electron chi connectivity index (χ2n) is 8.53. The highest BCUT2D eigenvalue weighted by Gasteiger charge is 2.45. The van der Waals surface area contributed by atoms with Gasteiger partial charge in [0.05, 0.1) is 12.6 Å². The average Bonchev–Trinajstić information content (AvgIpc) is 3.53. The molecule has 1 N–H and O–H groups in total. The molecule has 1 atom stereocenters. The molecule has 158 valence electrons. The molecular formula is C25H30N2O3. The van der Waals surface area contributed by atoms with E-state index in [-0.39, 0.29) is 23.3 Å². The van der Waals surface area contributed by atoms with E-state index in [2.05, 4.69) is 11.4 Å². The Morgan fingerprint density at radius 3 is 2.53 bits per heavy atom. The number of carbonyl (C=O) groups excluding carboxylic acids is 2. The van der Waals surface area contributed by atoms with Gasteiger partial charge in [-0.25, -0.2) is 0 Å². The van der Waals surface area contributed by atoms with Crippen molar-refractivity contribution in [2.45, 2.75) is 46.1 Å². The van der Waals surface area contributed by atoms with Crippen molar-refractivity contribution in [2.75, 3.05) is 19.7 Å². The highest BCUT2D eigenvalue weighted by molar-refractivity contribution is 5.95. The zero-order chi connectivity index (χ0) is 21.3. The third-order valence-electron chi connectivity index (χ3n) is 6.40. The summed E-state index contributed by atoms with van der Waals surface area (Å²) in [5, 5.41) is 3.24. The molecule has 1 fully saturated rings. The lowest BCUT2D eigenvalue weighted by Gasteiger charge is -2.28. The molecule has 4 rings (SSSR count). The summed E-state index contributed by atoms with van der Waals surface area (Å²) < 4.78 is 5.84. The van der Waals surface area contributed by atoms with Gasteiger partial charge in [-0.2, -0.15) is 0 Å². The van der Waals surface area contributed by atoms with Crippen LogP contribution in [0, 0.1) is 5.41 Å². The second kappa shape index (κ2) is 8.13. The number of amides is 2. The molecule has 1 heterocycles. The number of benzene rings is 2. The molecule has 0 aromatic heterocycles. The molecule has 5 heteroatoms. The molecule has 2 amide bonds. The molecule has 2 aromatic rings. The first kappa shape index (κ1) is 20.5. The van der Waals surface area contributed by atoms with Gasteiger partial charge in [-0.3, -0.25) is 9.59 Å². The molecule has 2 aromatic carbocycles. The Balaban J connectivity index is 1.62. The van der Waals surface area contributed by atoms with Gasteiger partial charge in [0.1, 0.15) is 5.75 Å². The summed E-state index contributed by atoms with van der Waals surface area (Å²) in [5.41, 5.74) is 3.51. The van der Waals surface area contributed by atoms with Gasteiger partial charge in [0, 0.05) is 36.1 Å². The van der Waals surface area contributed by atoms with Gasteiger partial charge in [0.25, 0.3) is 5.91 Å². The van der Waals surface area contributed by atoms with E-state index in [4.69, 9.17) is 4.74 Å². The minimum Gasteiger partial charge on any atom is -0.493 e. The van der Waals surface area contributed by atoms with E-state index in [1.807, 2.05) is 62.1 Å². The lowest BCUT2D eigenvalue weighted by Crippen LogP contribution is -2.36. The van der Waals surface area contributed by atoms with Gasteiger partial charge < -0.3 is 15.0 Å². The summed E-state index contributed by atoms with van der Waals surface area (Å²) in [7, 11) is 0. The Morgan fingerprint density at radius 1 is 1.10 bits per heavy atom. The highest BCUT2D eigenvalue weighted by Crippen LogP contribution is 2.46. The van der Waals surface area contributed by atoms with Gasteiger partial charge in [-0.05, 0) is 62.1 Å². The Morgan fingerprint density at radius 2 is 1.83 bits per heavy atom. The van der Waals surface area contributed by atoms with E-state index in [9.17, 15) is 9.59 Å². The zero-order valence-electron chi connectivity index (χ0n) is 18.0. The Labute approximate surface area is 178 Å². The molecule has 5 nitrogen and oxygen atoms in total. The van der Waals surface area contributed by atoms with Gasteiger partial charge in [-0.15, -0.1) is 0 Å². The van der Waals surface area contributed by atoms with Crippen molar-refractivity contribution in [2.24, 2.45) is 5.41 Å². The summed E-state index contributed by atoms with van der Waals surface area (Å²) >= 11 is 0.